The van der Waals surface area contributed by atoms with Crippen LogP contribution in [0.4, 0.5) is 5.69 Å². The van der Waals surface area contributed by atoms with Crippen LogP contribution in [-0.4, -0.2) is 37.9 Å². The van der Waals surface area contributed by atoms with E-state index in [1.807, 2.05) is 0 Å². The summed E-state index contributed by atoms with van der Waals surface area (Å²) < 4.78 is 39.1. The molecule has 13 heteroatoms. The number of nitrogens with zero attached hydrogens (tertiary/aromatic N) is 2. The molecule has 10 nitrogen and oxygen atoms in total. The van der Waals surface area contributed by atoms with Crippen LogP contribution < -0.4 is 15.5 Å². The predicted molar refractivity (Wildman–Crippen MR) is 155 cm³/mol. The van der Waals surface area contributed by atoms with E-state index in [2.05, 4.69) is 15.8 Å². The number of ether oxygens (including phenoxy) is 1. The second kappa shape index (κ2) is 13.5. The Kier molecular flexibility index (Phi) is 9.79. The summed E-state index contributed by atoms with van der Waals surface area (Å²) in [5.41, 5.74) is 3.16. The number of hydrogen-bond acceptors (Lipinski definition) is 7. The van der Waals surface area contributed by atoms with Crippen LogP contribution in [0.5, 0.6) is 5.75 Å². The lowest BCUT2D eigenvalue weighted by molar-refractivity contribution is -0.136. The normalized spacial score (nSPS) is 11.5. The van der Waals surface area contributed by atoms with Gasteiger partial charge in [-0.3, -0.25) is 9.59 Å². The lowest BCUT2D eigenvalue weighted by Gasteiger charge is -2.21. The van der Waals surface area contributed by atoms with Crippen molar-refractivity contribution in [3.63, 3.8) is 0 Å². The van der Waals surface area contributed by atoms with Gasteiger partial charge in [-0.1, -0.05) is 47.5 Å². The molecule has 2 N–H and O–H groups in total. The highest BCUT2D eigenvalue weighted by Gasteiger charge is 2.26. The molecule has 0 radical (unpaired) electrons. The van der Waals surface area contributed by atoms with Crippen molar-refractivity contribution < 1.29 is 27.2 Å². The lowest BCUT2D eigenvalue weighted by Crippen LogP contribution is -2.32. The molecule has 1 aromatic heterocycles. The third-order valence-corrected chi connectivity index (χ3v) is 7.97. The van der Waals surface area contributed by atoms with E-state index in [1.54, 1.807) is 60.7 Å². The fraction of sp³-hybridized carbons (Fsp3) is 0.107. The van der Waals surface area contributed by atoms with Crippen LogP contribution in [-0.2, 0) is 32.7 Å². The molecule has 2 amide bonds. The molecule has 0 fully saturated rings. The van der Waals surface area contributed by atoms with Gasteiger partial charge in [0.1, 0.15) is 17.3 Å². The van der Waals surface area contributed by atoms with Gasteiger partial charge < -0.3 is 14.5 Å². The first-order chi connectivity index (χ1) is 19.7. The van der Waals surface area contributed by atoms with E-state index in [9.17, 15) is 18.0 Å². The topological polar surface area (TPSA) is 130 Å². The Balaban J connectivity index is 1.44. The smallest absolute Gasteiger partial charge is 0.329 e. The highest BCUT2D eigenvalue weighted by Crippen LogP contribution is 2.24. The maximum atomic E-state index is 13.5. The number of methoxy groups -OCH3 is 1. The first-order valence-corrected chi connectivity index (χ1v) is 14.2. The van der Waals surface area contributed by atoms with Gasteiger partial charge in [0.2, 0.25) is 10.0 Å². The summed E-state index contributed by atoms with van der Waals surface area (Å²) in [6.45, 7) is -0.0568. The van der Waals surface area contributed by atoms with Gasteiger partial charge in [-0.15, -0.1) is 0 Å². The number of amides is 2. The van der Waals surface area contributed by atoms with Gasteiger partial charge in [0.25, 0.3) is 0 Å². The van der Waals surface area contributed by atoms with Crippen molar-refractivity contribution in [2.24, 2.45) is 5.10 Å². The van der Waals surface area contributed by atoms with Crippen molar-refractivity contribution in [3.05, 3.63) is 112 Å². The van der Waals surface area contributed by atoms with E-state index in [4.69, 9.17) is 32.4 Å². The Morgan fingerprint density at radius 3 is 2.24 bits per heavy atom. The Morgan fingerprint density at radius 1 is 0.902 bits per heavy atom. The van der Waals surface area contributed by atoms with Crippen molar-refractivity contribution in [2.45, 2.75) is 18.0 Å². The summed E-state index contributed by atoms with van der Waals surface area (Å²) in [5.74, 6) is -1.03. The number of carbonyl (C=O) groups is 2. The van der Waals surface area contributed by atoms with Crippen LogP contribution in [0, 0.1) is 0 Å². The predicted octanol–water partition coefficient (Wildman–Crippen LogP) is 5.07. The number of sulfonamides is 1. The molecule has 0 saturated carbocycles. The molecule has 4 aromatic rings. The quantitative estimate of drug-likeness (QED) is 0.146. The first-order valence-electron chi connectivity index (χ1n) is 12.0. The molecule has 1 heterocycles. The Hall–Kier alpha value is -4.16. The van der Waals surface area contributed by atoms with Gasteiger partial charge in [0.15, 0.2) is 0 Å². The summed E-state index contributed by atoms with van der Waals surface area (Å²) >= 11 is 11.9. The average Bonchev–Trinajstić information content (AvgIpc) is 3.41. The third-order valence-electron chi connectivity index (χ3n) is 5.66. The van der Waals surface area contributed by atoms with E-state index in [0.29, 0.717) is 27.2 Å². The van der Waals surface area contributed by atoms with Gasteiger partial charge in [-0.25, -0.2) is 13.8 Å². The number of rotatable bonds is 10. The molecule has 3 aromatic carbocycles. The number of furan rings is 1. The summed E-state index contributed by atoms with van der Waals surface area (Å²) in [5, 5.41) is 7.13. The Labute approximate surface area is 246 Å². The summed E-state index contributed by atoms with van der Waals surface area (Å²) in [6, 6.07) is 22.4. The molecule has 0 aliphatic heterocycles. The number of halogens is 2. The van der Waals surface area contributed by atoms with Gasteiger partial charge in [-0.05, 0) is 66.2 Å². The molecule has 212 valence electrons. The SMILES string of the molecule is COc1ccccc1NC(=O)C(=O)N/N=C/c1ccc(CN(Cc2ccc(Cl)cc2)S(=O)(=O)c2ccc(Cl)cc2)o1. The molecule has 0 atom stereocenters. The molecular weight excluding hydrogens is 591 g/mol. The Bertz CT molecular complexity index is 1660. The van der Waals surface area contributed by atoms with E-state index >= 15 is 0 Å². The third kappa shape index (κ3) is 7.95. The molecule has 0 aliphatic carbocycles. The summed E-state index contributed by atoms with van der Waals surface area (Å²) in [7, 11) is -2.50. The van der Waals surface area contributed by atoms with Crippen LogP contribution in [0.3, 0.4) is 0 Å². The van der Waals surface area contributed by atoms with Crippen LogP contribution in [0.15, 0.2) is 99.3 Å². The monoisotopic (exact) mass is 614 g/mol. The number of carbonyl (C=O) groups excluding carboxylic acids is 2. The second-order valence-corrected chi connectivity index (χ2v) is 11.3. The number of hydrazone groups is 1. The van der Waals surface area contributed by atoms with E-state index < -0.39 is 21.8 Å². The molecule has 41 heavy (non-hydrogen) atoms. The fourth-order valence-corrected chi connectivity index (χ4v) is 5.28. The number of anilines is 1. The van der Waals surface area contributed by atoms with Gasteiger partial charge in [-0.2, -0.15) is 9.41 Å². The zero-order valence-electron chi connectivity index (χ0n) is 21.6. The standard InChI is InChI=1S/C28H24Cl2N4O6S/c1-39-26-5-3-2-4-25(26)32-27(35)28(36)33-31-16-22-12-13-23(40-22)18-34(17-19-6-8-20(29)9-7-19)41(37,38)24-14-10-21(30)11-15-24/h2-16H,17-18H2,1H3,(H,32,35)(H,33,36)/b31-16+. The second-order valence-electron chi connectivity index (χ2n) is 8.51. The summed E-state index contributed by atoms with van der Waals surface area (Å²) in [4.78, 5) is 24.4. The number of hydrogen-bond donors (Lipinski definition) is 2. The molecule has 0 aliphatic rings. The highest BCUT2D eigenvalue weighted by molar-refractivity contribution is 7.89. The van der Waals surface area contributed by atoms with E-state index in [1.165, 1.54) is 41.9 Å². The average molecular weight is 615 g/mol. The van der Waals surface area contributed by atoms with Gasteiger partial charge in [0, 0.05) is 16.6 Å². The summed E-state index contributed by atoms with van der Waals surface area (Å²) in [6.07, 6.45) is 1.19. The van der Waals surface area contributed by atoms with Crippen molar-refractivity contribution in [1.82, 2.24) is 9.73 Å². The molecule has 0 saturated heterocycles. The molecule has 0 unspecified atom stereocenters. The van der Waals surface area contributed by atoms with Crippen molar-refractivity contribution >= 4 is 56.9 Å². The Morgan fingerprint density at radius 2 is 1.56 bits per heavy atom. The van der Waals surface area contributed by atoms with Crippen LogP contribution in [0.1, 0.15) is 17.1 Å². The van der Waals surface area contributed by atoms with Crippen molar-refractivity contribution in [3.8, 4) is 5.75 Å². The number of benzene rings is 3. The lowest BCUT2D eigenvalue weighted by atomic mass is 10.2. The van der Waals surface area contributed by atoms with E-state index in [-0.39, 0.29) is 23.7 Å². The van der Waals surface area contributed by atoms with Gasteiger partial charge >= 0.3 is 11.8 Å². The number of nitrogens with one attached hydrogen (secondary N) is 2. The largest absolute Gasteiger partial charge is 0.495 e. The van der Waals surface area contributed by atoms with Gasteiger partial charge in [0.05, 0.1) is 30.5 Å². The molecule has 4 rings (SSSR count). The minimum absolute atomic E-state index is 0.0453. The van der Waals surface area contributed by atoms with E-state index in [0.717, 1.165) is 5.56 Å². The first kappa shape index (κ1) is 29.8. The molecular formula is C28H24Cl2N4O6S. The number of para-hydroxylation sites is 2. The van der Waals surface area contributed by atoms with Crippen LogP contribution in [0.25, 0.3) is 0 Å². The molecule has 0 spiro atoms. The minimum Gasteiger partial charge on any atom is -0.495 e. The fourth-order valence-electron chi connectivity index (χ4n) is 3.63. The zero-order valence-corrected chi connectivity index (χ0v) is 23.9. The maximum absolute atomic E-state index is 13.5. The minimum atomic E-state index is -3.95. The highest BCUT2D eigenvalue weighted by atomic mass is 35.5. The molecule has 0 bridgehead atoms. The van der Waals surface area contributed by atoms with Crippen LogP contribution >= 0.6 is 23.2 Å². The van der Waals surface area contributed by atoms with Crippen molar-refractivity contribution in [1.29, 1.82) is 0 Å². The van der Waals surface area contributed by atoms with Crippen molar-refractivity contribution in [2.75, 3.05) is 12.4 Å². The zero-order chi connectivity index (χ0) is 29.4. The maximum Gasteiger partial charge on any atom is 0.329 e. The van der Waals surface area contributed by atoms with Crippen LogP contribution in [0.2, 0.25) is 10.0 Å².